The Hall–Kier alpha value is -0.0600. The van der Waals surface area contributed by atoms with E-state index in [0.29, 0.717) is 6.61 Å². The first-order valence-corrected chi connectivity index (χ1v) is 8.88. The van der Waals surface area contributed by atoms with E-state index in [1.807, 2.05) is 0 Å². The van der Waals surface area contributed by atoms with E-state index in [9.17, 15) is 14.7 Å². The van der Waals surface area contributed by atoms with Crippen molar-refractivity contribution in [3.05, 3.63) is 0 Å². The molecule has 4 nitrogen and oxygen atoms in total. The molecule has 0 fully saturated rings. The van der Waals surface area contributed by atoms with Gasteiger partial charge in [-0.25, -0.2) is 0 Å². The van der Waals surface area contributed by atoms with Crippen LogP contribution in [0.5, 0.6) is 0 Å². The van der Waals surface area contributed by atoms with E-state index in [1.54, 1.807) is 13.8 Å². The standard InChI is InChI=1S/C18H34O4.Na/c1-4-5-6-7-8-9-10-11-12-13-14-22-18(21)16(15(2)3)17(19)20;/h15-16H,4-14H2,1-3H3,(H,19,20);/q;+1/p-1. The molecule has 0 aliphatic heterocycles. The average molecular weight is 336 g/mol. The molecule has 0 aliphatic carbocycles. The Morgan fingerprint density at radius 2 is 1.30 bits per heavy atom. The third-order valence-electron chi connectivity index (χ3n) is 3.92. The van der Waals surface area contributed by atoms with Crippen LogP contribution in [-0.4, -0.2) is 18.5 Å². The Balaban J connectivity index is 0. The van der Waals surface area contributed by atoms with Gasteiger partial charge in [0, 0.05) is 0 Å². The molecule has 0 saturated heterocycles. The number of carboxylic acid groups (broad SMARTS) is 1. The van der Waals surface area contributed by atoms with Crippen molar-refractivity contribution in [3.8, 4) is 0 Å². The number of carboxylic acids is 1. The normalized spacial score (nSPS) is 11.8. The molecule has 0 radical (unpaired) electrons. The van der Waals surface area contributed by atoms with E-state index in [1.165, 1.54) is 44.9 Å². The topological polar surface area (TPSA) is 66.4 Å². The van der Waals surface area contributed by atoms with Gasteiger partial charge < -0.3 is 14.6 Å². The van der Waals surface area contributed by atoms with Crippen molar-refractivity contribution in [1.82, 2.24) is 0 Å². The minimum absolute atomic E-state index is 0. The van der Waals surface area contributed by atoms with Crippen LogP contribution in [0.3, 0.4) is 0 Å². The second-order valence-corrected chi connectivity index (χ2v) is 6.39. The van der Waals surface area contributed by atoms with Crippen LogP contribution in [0.25, 0.3) is 0 Å². The quantitative estimate of drug-likeness (QED) is 0.200. The fraction of sp³-hybridized carbons (Fsp3) is 0.889. The van der Waals surface area contributed by atoms with Gasteiger partial charge >= 0.3 is 35.5 Å². The van der Waals surface area contributed by atoms with E-state index >= 15 is 0 Å². The summed E-state index contributed by atoms with van der Waals surface area (Å²) < 4.78 is 5.04. The average Bonchev–Trinajstić information content (AvgIpc) is 2.44. The Labute approximate surface area is 164 Å². The summed E-state index contributed by atoms with van der Waals surface area (Å²) in [6.07, 6.45) is 12.1. The van der Waals surface area contributed by atoms with Gasteiger partial charge in [0.2, 0.25) is 0 Å². The van der Waals surface area contributed by atoms with Crippen LogP contribution in [0.15, 0.2) is 0 Å². The van der Waals surface area contributed by atoms with Crippen molar-refractivity contribution in [2.24, 2.45) is 11.8 Å². The van der Waals surface area contributed by atoms with E-state index in [0.717, 1.165) is 19.3 Å². The third-order valence-corrected chi connectivity index (χ3v) is 3.92. The minimum Gasteiger partial charge on any atom is -0.549 e. The largest absolute Gasteiger partial charge is 1.00 e. The van der Waals surface area contributed by atoms with Crippen LogP contribution in [0.4, 0.5) is 0 Å². The Kier molecular flexibility index (Phi) is 18.4. The van der Waals surface area contributed by atoms with Crippen LogP contribution < -0.4 is 34.7 Å². The molecule has 23 heavy (non-hydrogen) atoms. The summed E-state index contributed by atoms with van der Waals surface area (Å²) in [6.45, 7) is 5.90. The van der Waals surface area contributed by atoms with Crippen molar-refractivity contribution < 1.29 is 49.0 Å². The van der Waals surface area contributed by atoms with Gasteiger partial charge in [0.1, 0.15) is 0 Å². The van der Waals surface area contributed by atoms with Crippen LogP contribution >= 0.6 is 0 Å². The van der Waals surface area contributed by atoms with Gasteiger partial charge in [-0.2, -0.15) is 0 Å². The van der Waals surface area contributed by atoms with Gasteiger partial charge in [-0.05, 0) is 12.3 Å². The second-order valence-electron chi connectivity index (χ2n) is 6.39. The van der Waals surface area contributed by atoms with Gasteiger partial charge in [-0.15, -0.1) is 0 Å². The monoisotopic (exact) mass is 336 g/mol. The molecular weight excluding hydrogens is 303 g/mol. The molecule has 0 bridgehead atoms. The number of hydrogen-bond acceptors (Lipinski definition) is 4. The molecule has 0 aromatic rings. The maximum absolute atomic E-state index is 11.6. The summed E-state index contributed by atoms with van der Waals surface area (Å²) in [4.78, 5) is 22.5. The SMILES string of the molecule is CCCCCCCCCCCCOC(=O)C(C(=O)[O-])C(C)C.[Na+]. The molecule has 0 N–H and O–H groups in total. The predicted octanol–water partition coefficient (Wildman–Crippen LogP) is 0.477. The summed E-state index contributed by atoms with van der Waals surface area (Å²) in [7, 11) is 0. The Morgan fingerprint density at radius 1 is 0.870 bits per heavy atom. The zero-order chi connectivity index (χ0) is 16.8. The van der Waals surface area contributed by atoms with Crippen molar-refractivity contribution in [2.45, 2.75) is 85.0 Å². The number of unbranched alkanes of at least 4 members (excludes halogenated alkanes) is 9. The smallest absolute Gasteiger partial charge is 0.549 e. The summed E-state index contributed by atoms with van der Waals surface area (Å²) in [5.41, 5.74) is 0. The zero-order valence-corrected chi connectivity index (χ0v) is 17.6. The van der Waals surface area contributed by atoms with Crippen LogP contribution in [0, 0.1) is 11.8 Å². The van der Waals surface area contributed by atoms with E-state index in [2.05, 4.69) is 6.92 Å². The molecule has 0 amide bonds. The van der Waals surface area contributed by atoms with Crippen LogP contribution in [0.1, 0.15) is 85.0 Å². The number of rotatable bonds is 14. The summed E-state index contributed by atoms with van der Waals surface area (Å²) in [5.74, 6) is -3.46. The summed E-state index contributed by atoms with van der Waals surface area (Å²) >= 11 is 0. The van der Waals surface area contributed by atoms with Crippen LogP contribution in [-0.2, 0) is 14.3 Å². The van der Waals surface area contributed by atoms with Crippen molar-refractivity contribution in [3.63, 3.8) is 0 Å². The molecule has 0 aromatic carbocycles. The molecular formula is C18H33NaO4. The second kappa shape index (κ2) is 16.8. The number of ether oxygens (including phenoxy) is 1. The first-order chi connectivity index (χ1) is 10.5. The number of esters is 1. The van der Waals surface area contributed by atoms with Gasteiger partial charge in [-0.3, -0.25) is 4.79 Å². The maximum Gasteiger partial charge on any atom is 1.00 e. The number of hydrogen-bond donors (Lipinski definition) is 0. The molecule has 0 rings (SSSR count). The molecule has 130 valence electrons. The van der Waals surface area contributed by atoms with Gasteiger partial charge in [0.05, 0.1) is 18.5 Å². The van der Waals surface area contributed by atoms with Crippen LogP contribution in [0.2, 0.25) is 0 Å². The Morgan fingerprint density at radius 3 is 1.70 bits per heavy atom. The molecule has 1 unspecified atom stereocenters. The third kappa shape index (κ3) is 14.0. The minimum atomic E-state index is -1.34. The first-order valence-electron chi connectivity index (χ1n) is 8.88. The first kappa shape index (κ1) is 25.2. The molecule has 0 saturated carbocycles. The fourth-order valence-electron chi connectivity index (χ4n) is 2.49. The molecule has 5 heteroatoms. The number of carbonyl (C=O) groups excluding carboxylic acids is 2. The summed E-state index contributed by atoms with van der Waals surface area (Å²) in [5, 5.41) is 10.9. The van der Waals surface area contributed by atoms with Crippen molar-refractivity contribution in [1.29, 1.82) is 0 Å². The van der Waals surface area contributed by atoms with Gasteiger partial charge in [0.25, 0.3) is 0 Å². The van der Waals surface area contributed by atoms with E-state index in [4.69, 9.17) is 4.74 Å². The van der Waals surface area contributed by atoms with Gasteiger partial charge in [-0.1, -0.05) is 78.6 Å². The molecule has 0 aliphatic rings. The summed E-state index contributed by atoms with van der Waals surface area (Å²) in [6, 6.07) is 0. The zero-order valence-electron chi connectivity index (χ0n) is 15.6. The van der Waals surface area contributed by atoms with Crippen molar-refractivity contribution in [2.75, 3.05) is 6.61 Å². The number of aliphatic carboxylic acids is 1. The molecule has 0 aromatic heterocycles. The molecule has 0 heterocycles. The number of carbonyl (C=O) groups is 2. The molecule has 0 spiro atoms. The predicted molar refractivity (Wildman–Crippen MR) is 86.1 cm³/mol. The fourth-order valence-corrected chi connectivity index (χ4v) is 2.49. The van der Waals surface area contributed by atoms with E-state index in [-0.39, 0.29) is 35.5 Å². The van der Waals surface area contributed by atoms with E-state index < -0.39 is 17.9 Å². The van der Waals surface area contributed by atoms with Crippen molar-refractivity contribution >= 4 is 11.9 Å². The maximum atomic E-state index is 11.6. The van der Waals surface area contributed by atoms with Gasteiger partial charge in [0.15, 0.2) is 0 Å². The Bertz CT molecular complexity index is 305. The molecule has 1 atom stereocenters.